The van der Waals surface area contributed by atoms with Crippen LogP contribution in [0, 0.1) is 17.1 Å². The summed E-state index contributed by atoms with van der Waals surface area (Å²) in [6.45, 7) is 5.67. The van der Waals surface area contributed by atoms with E-state index in [2.05, 4.69) is 5.32 Å². The van der Waals surface area contributed by atoms with E-state index in [0.717, 1.165) is 0 Å². The summed E-state index contributed by atoms with van der Waals surface area (Å²) in [5.74, 6) is -0.346. The molecule has 0 saturated carbocycles. The highest BCUT2D eigenvalue weighted by Crippen LogP contribution is 2.09. The van der Waals surface area contributed by atoms with Crippen molar-refractivity contribution in [3.05, 3.63) is 35.1 Å². The highest BCUT2D eigenvalue weighted by atomic mass is 19.1. The van der Waals surface area contributed by atoms with E-state index >= 15 is 0 Å². The summed E-state index contributed by atoms with van der Waals surface area (Å²) in [7, 11) is 0. The topological polar surface area (TPSA) is 45.0 Å². The maximum Gasteiger partial charge on any atom is 0.129 e. The van der Waals surface area contributed by atoms with Crippen molar-refractivity contribution in [1.82, 2.24) is 5.32 Å². The molecule has 0 aromatic heterocycles. The highest BCUT2D eigenvalue weighted by Gasteiger charge is 2.02. The predicted molar refractivity (Wildman–Crippen MR) is 63.9 cm³/mol. The number of benzene rings is 1. The van der Waals surface area contributed by atoms with Crippen molar-refractivity contribution in [3.63, 3.8) is 0 Å². The summed E-state index contributed by atoms with van der Waals surface area (Å²) in [6, 6.07) is 6.40. The molecule has 0 radical (unpaired) electrons. The number of nitriles is 1. The fourth-order valence-corrected chi connectivity index (χ4v) is 1.35. The quantitative estimate of drug-likeness (QED) is 0.770. The molecule has 0 atom stereocenters. The van der Waals surface area contributed by atoms with E-state index in [0.29, 0.717) is 30.8 Å². The van der Waals surface area contributed by atoms with Crippen molar-refractivity contribution < 1.29 is 9.13 Å². The number of rotatable bonds is 6. The third kappa shape index (κ3) is 4.94. The van der Waals surface area contributed by atoms with Crippen molar-refractivity contribution >= 4 is 0 Å². The SMILES string of the molecule is CC(C)OCCNCc1ccc(C#N)cc1F. The first-order valence-corrected chi connectivity index (χ1v) is 5.64. The zero-order valence-electron chi connectivity index (χ0n) is 10.2. The van der Waals surface area contributed by atoms with Crippen LogP contribution in [0.1, 0.15) is 25.0 Å². The first kappa shape index (κ1) is 13.6. The van der Waals surface area contributed by atoms with Gasteiger partial charge in [-0.3, -0.25) is 0 Å². The van der Waals surface area contributed by atoms with Gasteiger partial charge in [-0.25, -0.2) is 4.39 Å². The minimum absolute atomic E-state index is 0.212. The average molecular weight is 236 g/mol. The molecule has 0 aliphatic heterocycles. The summed E-state index contributed by atoms with van der Waals surface area (Å²) < 4.78 is 18.8. The van der Waals surface area contributed by atoms with E-state index < -0.39 is 0 Å². The summed E-state index contributed by atoms with van der Waals surface area (Å²) in [6.07, 6.45) is 0.212. The maximum absolute atomic E-state index is 13.5. The average Bonchev–Trinajstić information content (AvgIpc) is 2.30. The molecule has 0 spiro atoms. The summed E-state index contributed by atoms with van der Waals surface area (Å²) in [5, 5.41) is 11.7. The second-order valence-electron chi connectivity index (χ2n) is 4.01. The maximum atomic E-state index is 13.5. The van der Waals surface area contributed by atoms with Gasteiger partial charge in [-0.15, -0.1) is 0 Å². The van der Waals surface area contributed by atoms with Crippen molar-refractivity contribution in [1.29, 1.82) is 5.26 Å². The van der Waals surface area contributed by atoms with Crippen molar-refractivity contribution in [2.45, 2.75) is 26.5 Å². The minimum Gasteiger partial charge on any atom is -0.377 e. The molecule has 0 bridgehead atoms. The zero-order chi connectivity index (χ0) is 12.7. The van der Waals surface area contributed by atoms with Gasteiger partial charge in [0.25, 0.3) is 0 Å². The number of hydrogen-bond donors (Lipinski definition) is 1. The van der Waals surface area contributed by atoms with Crippen LogP contribution in [0.15, 0.2) is 18.2 Å². The van der Waals surface area contributed by atoms with Crippen molar-refractivity contribution in [3.8, 4) is 6.07 Å². The summed E-state index contributed by atoms with van der Waals surface area (Å²) in [4.78, 5) is 0. The molecule has 0 heterocycles. The van der Waals surface area contributed by atoms with E-state index in [-0.39, 0.29) is 11.9 Å². The molecule has 17 heavy (non-hydrogen) atoms. The second-order valence-corrected chi connectivity index (χ2v) is 4.01. The van der Waals surface area contributed by atoms with Gasteiger partial charge in [-0.1, -0.05) is 6.07 Å². The number of nitrogens with zero attached hydrogens (tertiary/aromatic N) is 1. The molecule has 1 aromatic rings. The van der Waals surface area contributed by atoms with Crippen LogP contribution in [0.25, 0.3) is 0 Å². The largest absolute Gasteiger partial charge is 0.377 e. The van der Waals surface area contributed by atoms with E-state index in [1.165, 1.54) is 6.07 Å². The van der Waals surface area contributed by atoms with Crippen molar-refractivity contribution in [2.75, 3.05) is 13.2 Å². The molecule has 0 aliphatic rings. The molecule has 0 aliphatic carbocycles. The minimum atomic E-state index is -0.346. The monoisotopic (exact) mass is 236 g/mol. The Morgan fingerprint density at radius 1 is 1.47 bits per heavy atom. The van der Waals surface area contributed by atoms with Gasteiger partial charge in [-0.05, 0) is 26.0 Å². The number of nitrogens with one attached hydrogen (secondary N) is 1. The Kier molecular flexibility index (Phi) is 5.61. The Hall–Kier alpha value is -1.44. The van der Waals surface area contributed by atoms with Crippen LogP contribution in [-0.2, 0) is 11.3 Å². The van der Waals surface area contributed by atoms with Gasteiger partial charge in [0.15, 0.2) is 0 Å². The molecular formula is C13H17FN2O. The predicted octanol–water partition coefficient (Wildman–Crippen LogP) is 2.21. The number of hydrogen-bond acceptors (Lipinski definition) is 3. The van der Waals surface area contributed by atoms with Crippen LogP contribution < -0.4 is 5.32 Å². The van der Waals surface area contributed by atoms with Gasteiger partial charge in [0, 0.05) is 18.7 Å². The molecule has 0 unspecified atom stereocenters. The lowest BCUT2D eigenvalue weighted by molar-refractivity contribution is 0.0806. The fraction of sp³-hybridized carbons (Fsp3) is 0.462. The van der Waals surface area contributed by atoms with Crippen LogP contribution in [0.5, 0.6) is 0 Å². The Bertz CT molecular complexity index is 399. The van der Waals surface area contributed by atoms with Gasteiger partial charge < -0.3 is 10.1 Å². The van der Waals surface area contributed by atoms with Crippen LogP contribution >= 0.6 is 0 Å². The Morgan fingerprint density at radius 2 is 2.24 bits per heavy atom. The molecule has 1 rings (SSSR count). The molecule has 0 amide bonds. The molecule has 0 fully saturated rings. The van der Waals surface area contributed by atoms with Gasteiger partial charge in [-0.2, -0.15) is 5.26 Å². The van der Waals surface area contributed by atoms with E-state index in [9.17, 15) is 4.39 Å². The molecule has 4 heteroatoms. The lowest BCUT2D eigenvalue weighted by atomic mass is 10.1. The fourth-order valence-electron chi connectivity index (χ4n) is 1.35. The molecule has 3 nitrogen and oxygen atoms in total. The van der Waals surface area contributed by atoms with Crippen molar-refractivity contribution in [2.24, 2.45) is 0 Å². The lowest BCUT2D eigenvalue weighted by Gasteiger charge is -2.09. The standard InChI is InChI=1S/C13H17FN2O/c1-10(2)17-6-5-16-9-12-4-3-11(8-15)7-13(12)14/h3-4,7,10,16H,5-6,9H2,1-2H3. The Labute approximate surface area is 101 Å². The van der Waals surface area contributed by atoms with Crippen LogP contribution in [0.4, 0.5) is 4.39 Å². The zero-order valence-corrected chi connectivity index (χ0v) is 10.2. The summed E-state index contributed by atoms with van der Waals surface area (Å²) >= 11 is 0. The van der Waals surface area contributed by atoms with Gasteiger partial charge in [0.2, 0.25) is 0 Å². The van der Waals surface area contributed by atoms with Gasteiger partial charge in [0.05, 0.1) is 24.3 Å². The molecule has 1 aromatic carbocycles. The van der Waals surface area contributed by atoms with Gasteiger partial charge >= 0.3 is 0 Å². The van der Waals surface area contributed by atoms with E-state index in [1.54, 1.807) is 12.1 Å². The van der Waals surface area contributed by atoms with Crippen LogP contribution in [0.3, 0.4) is 0 Å². The molecule has 0 saturated heterocycles. The van der Waals surface area contributed by atoms with Gasteiger partial charge in [0.1, 0.15) is 5.82 Å². The normalized spacial score (nSPS) is 10.5. The molecule has 92 valence electrons. The second kappa shape index (κ2) is 7.00. The van der Waals surface area contributed by atoms with E-state index in [1.807, 2.05) is 19.9 Å². The summed E-state index contributed by atoms with van der Waals surface area (Å²) in [5.41, 5.74) is 0.905. The Morgan fingerprint density at radius 3 is 2.82 bits per heavy atom. The highest BCUT2D eigenvalue weighted by molar-refractivity contribution is 5.32. The first-order valence-electron chi connectivity index (χ1n) is 5.64. The Balaban J connectivity index is 2.35. The van der Waals surface area contributed by atoms with Crippen LogP contribution in [0.2, 0.25) is 0 Å². The third-order valence-corrected chi connectivity index (χ3v) is 2.23. The third-order valence-electron chi connectivity index (χ3n) is 2.23. The van der Waals surface area contributed by atoms with Crippen LogP contribution in [-0.4, -0.2) is 19.3 Å². The molecular weight excluding hydrogens is 219 g/mol. The lowest BCUT2D eigenvalue weighted by Crippen LogP contribution is -2.21. The first-order chi connectivity index (χ1) is 8.13. The number of ether oxygens (including phenoxy) is 1. The number of halogens is 1. The smallest absolute Gasteiger partial charge is 0.129 e. The van der Waals surface area contributed by atoms with E-state index in [4.69, 9.17) is 10.00 Å². The molecule has 1 N–H and O–H groups in total.